The van der Waals surface area contributed by atoms with Crippen LogP contribution in [0.4, 0.5) is 0 Å². The average Bonchev–Trinajstić information content (AvgIpc) is 3.25. The summed E-state index contributed by atoms with van der Waals surface area (Å²) in [5, 5.41) is 11.0. The van der Waals surface area contributed by atoms with E-state index in [0.717, 1.165) is 24.6 Å². The second kappa shape index (κ2) is 10.8. The molecule has 2 heterocycles. The topological polar surface area (TPSA) is 76.4 Å². The molecule has 0 aliphatic carbocycles. The van der Waals surface area contributed by atoms with Gasteiger partial charge in [0.05, 0.1) is 19.7 Å². The van der Waals surface area contributed by atoms with Crippen molar-refractivity contribution in [2.24, 2.45) is 4.99 Å². The van der Waals surface area contributed by atoms with Gasteiger partial charge >= 0.3 is 0 Å². The van der Waals surface area contributed by atoms with Gasteiger partial charge in [-0.25, -0.2) is 9.98 Å². The summed E-state index contributed by atoms with van der Waals surface area (Å²) in [4.78, 5) is 8.90. The van der Waals surface area contributed by atoms with Crippen molar-refractivity contribution in [1.29, 1.82) is 0 Å². The first-order chi connectivity index (χ1) is 14.3. The van der Waals surface area contributed by atoms with Crippen LogP contribution in [0.15, 0.2) is 66.0 Å². The minimum Gasteiger partial charge on any atom is -0.478 e. The molecule has 3 rings (SSSR count). The van der Waals surface area contributed by atoms with E-state index in [1.54, 1.807) is 12.4 Å². The lowest BCUT2D eigenvalue weighted by Crippen LogP contribution is -2.37. The molecule has 29 heavy (non-hydrogen) atoms. The van der Waals surface area contributed by atoms with Crippen molar-refractivity contribution in [2.45, 2.75) is 33.5 Å². The number of hydrogen-bond acceptors (Lipinski definition) is 4. The predicted octanol–water partition coefficient (Wildman–Crippen LogP) is 2.98. The molecule has 0 saturated carbocycles. The van der Waals surface area contributed by atoms with Crippen molar-refractivity contribution in [1.82, 2.24) is 25.4 Å². The van der Waals surface area contributed by atoms with E-state index in [1.165, 1.54) is 11.1 Å². The first-order valence-electron chi connectivity index (χ1n) is 9.92. The molecule has 0 atom stereocenters. The standard InChI is InChI=1S/C22H28N6O/c1-3-23-22(25-15-18-10-12-24-21(14-18)29-4-2)26-16-19-8-5-6-9-20(19)17-28-13-7-11-27-28/h5-14H,3-4,15-17H2,1-2H3,(H2,23,25,26). The maximum Gasteiger partial charge on any atom is 0.213 e. The fraction of sp³-hybridized carbons (Fsp3) is 0.318. The molecule has 0 aliphatic heterocycles. The quantitative estimate of drug-likeness (QED) is 0.432. The van der Waals surface area contributed by atoms with Gasteiger partial charge in [0.1, 0.15) is 0 Å². The SMILES string of the molecule is CCNC(=NCc1ccnc(OCC)c1)NCc1ccccc1Cn1cccn1. The Bertz CT molecular complexity index is 907. The van der Waals surface area contributed by atoms with Crippen molar-refractivity contribution in [3.63, 3.8) is 0 Å². The number of ether oxygens (including phenoxy) is 1. The number of hydrogen-bond donors (Lipinski definition) is 2. The molecule has 2 N–H and O–H groups in total. The van der Waals surface area contributed by atoms with E-state index in [4.69, 9.17) is 9.73 Å². The summed E-state index contributed by atoms with van der Waals surface area (Å²) >= 11 is 0. The molecular weight excluding hydrogens is 364 g/mol. The Balaban J connectivity index is 1.65. The van der Waals surface area contributed by atoms with Gasteiger partial charge in [-0.1, -0.05) is 24.3 Å². The van der Waals surface area contributed by atoms with Gasteiger partial charge in [0.25, 0.3) is 0 Å². The van der Waals surface area contributed by atoms with Crippen molar-refractivity contribution >= 4 is 5.96 Å². The lowest BCUT2D eigenvalue weighted by atomic mass is 10.1. The number of guanidine groups is 1. The largest absolute Gasteiger partial charge is 0.478 e. The van der Waals surface area contributed by atoms with Gasteiger partial charge in [-0.3, -0.25) is 4.68 Å². The molecule has 0 saturated heterocycles. The average molecular weight is 393 g/mol. The van der Waals surface area contributed by atoms with Crippen LogP contribution in [-0.2, 0) is 19.6 Å². The summed E-state index contributed by atoms with van der Waals surface area (Å²) in [6.45, 7) is 7.38. The third-order valence-electron chi connectivity index (χ3n) is 4.31. The second-order valence-electron chi connectivity index (χ2n) is 6.46. The van der Waals surface area contributed by atoms with Crippen LogP contribution in [0.25, 0.3) is 0 Å². The summed E-state index contributed by atoms with van der Waals surface area (Å²) in [6.07, 6.45) is 5.52. The Morgan fingerprint density at radius 3 is 2.69 bits per heavy atom. The van der Waals surface area contributed by atoms with Crippen molar-refractivity contribution in [3.8, 4) is 5.88 Å². The van der Waals surface area contributed by atoms with E-state index < -0.39 is 0 Å². The van der Waals surface area contributed by atoms with Crippen molar-refractivity contribution in [2.75, 3.05) is 13.2 Å². The highest BCUT2D eigenvalue weighted by Crippen LogP contribution is 2.11. The van der Waals surface area contributed by atoms with E-state index in [9.17, 15) is 0 Å². The molecule has 0 aliphatic rings. The van der Waals surface area contributed by atoms with Crippen molar-refractivity contribution < 1.29 is 4.74 Å². The fourth-order valence-corrected chi connectivity index (χ4v) is 2.92. The number of nitrogens with zero attached hydrogens (tertiary/aromatic N) is 4. The van der Waals surface area contributed by atoms with Crippen molar-refractivity contribution in [3.05, 3.63) is 77.7 Å². The summed E-state index contributed by atoms with van der Waals surface area (Å²) in [7, 11) is 0. The van der Waals surface area contributed by atoms with Crippen LogP contribution in [0.1, 0.15) is 30.5 Å². The second-order valence-corrected chi connectivity index (χ2v) is 6.46. The highest BCUT2D eigenvalue weighted by molar-refractivity contribution is 5.79. The number of aromatic nitrogens is 3. The van der Waals surface area contributed by atoms with Gasteiger partial charge in [-0.05, 0) is 42.7 Å². The molecule has 152 valence electrons. The third kappa shape index (κ3) is 6.34. The van der Waals surface area contributed by atoms with Crippen LogP contribution in [0.2, 0.25) is 0 Å². The Hall–Kier alpha value is -3.35. The molecule has 7 nitrogen and oxygen atoms in total. The number of pyridine rings is 1. The van der Waals surface area contributed by atoms with Gasteiger partial charge in [0, 0.05) is 37.7 Å². The van der Waals surface area contributed by atoms with E-state index in [1.807, 2.05) is 36.0 Å². The summed E-state index contributed by atoms with van der Waals surface area (Å²) in [5.74, 6) is 1.40. The van der Waals surface area contributed by atoms with E-state index in [2.05, 4.69) is 51.9 Å². The Kier molecular flexibility index (Phi) is 7.63. The molecule has 0 unspecified atom stereocenters. The summed E-state index contributed by atoms with van der Waals surface area (Å²) in [6, 6.07) is 14.2. The highest BCUT2D eigenvalue weighted by Gasteiger charge is 2.05. The molecule has 0 bridgehead atoms. The van der Waals surface area contributed by atoms with Crippen LogP contribution in [0, 0.1) is 0 Å². The minimum absolute atomic E-state index is 0.548. The lowest BCUT2D eigenvalue weighted by Gasteiger charge is -2.14. The molecule has 7 heteroatoms. The van der Waals surface area contributed by atoms with Gasteiger partial charge in [0.2, 0.25) is 5.88 Å². The number of rotatable bonds is 9. The molecule has 1 aromatic carbocycles. The predicted molar refractivity (Wildman–Crippen MR) is 115 cm³/mol. The maximum atomic E-state index is 5.46. The van der Waals surface area contributed by atoms with Gasteiger partial charge in [-0.2, -0.15) is 5.10 Å². The van der Waals surface area contributed by atoms with E-state index >= 15 is 0 Å². The molecule has 0 radical (unpaired) electrons. The normalized spacial score (nSPS) is 11.3. The van der Waals surface area contributed by atoms with Crippen LogP contribution in [0.5, 0.6) is 5.88 Å². The van der Waals surface area contributed by atoms with Gasteiger partial charge < -0.3 is 15.4 Å². The van der Waals surface area contributed by atoms with Crippen LogP contribution in [-0.4, -0.2) is 33.9 Å². The monoisotopic (exact) mass is 392 g/mol. The molecule has 3 aromatic rings. The smallest absolute Gasteiger partial charge is 0.213 e. The van der Waals surface area contributed by atoms with Gasteiger partial charge in [-0.15, -0.1) is 0 Å². The number of aliphatic imine (C=N–C) groups is 1. The Labute approximate surface area is 171 Å². The third-order valence-corrected chi connectivity index (χ3v) is 4.31. The Morgan fingerprint density at radius 2 is 1.93 bits per heavy atom. The molecule has 2 aromatic heterocycles. The van der Waals surface area contributed by atoms with E-state index in [0.29, 0.717) is 25.6 Å². The maximum absolute atomic E-state index is 5.46. The molecule has 0 amide bonds. The molecule has 0 spiro atoms. The zero-order valence-corrected chi connectivity index (χ0v) is 17.0. The first kappa shape index (κ1) is 20.4. The molecule has 0 fully saturated rings. The number of nitrogens with one attached hydrogen (secondary N) is 2. The molecular formula is C22H28N6O. The summed E-state index contributed by atoms with van der Waals surface area (Å²) in [5.41, 5.74) is 3.51. The Morgan fingerprint density at radius 1 is 1.07 bits per heavy atom. The zero-order chi connectivity index (χ0) is 20.3. The summed E-state index contributed by atoms with van der Waals surface area (Å²) < 4.78 is 7.39. The minimum atomic E-state index is 0.548. The van der Waals surface area contributed by atoms with E-state index in [-0.39, 0.29) is 0 Å². The van der Waals surface area contributed by atoms with Crippen LogP contribution >= 0.6 is 0 Å². The van der Waals surface area contributed by atoms with Crippen LogP contribution in [0.3, 0.4) is 0 Å². The number of benzene rings is 1. The lowest BCUT2D eigenvalue weighted by molar-refractivity contribution is 0.326. The first-order valence-corrected chi connectivity index (χ1v) is 9.92. The van der Waals surface area contributed by atoms with Crippen LogP contribution < -0.4 is 15.4 Å². The van der Waals surface area contributed by atoms with Gasteiger partial charge in [0.15, 0.2) is 5.96 Å². The fourth-order valence-electron chi connectivity index (χ4n) is 2.92. The zero-order valence-electron chi connectivity index (χ0n) is 17.0. The highest BCUT2D eigenvalue weighted by atomic mass is 16.5.